The Morgan fingerprint density at radius 3 is 2.67 bits per heavy atom. The number of amides is 1. The van der Waals surface area contributed by atoms with E-state index in [1.807, 2.05) is 12.1 Å². The zero-order valence-electron chi connectivity index (χ0n) is 9.61. The van der Waals surface area contributed by atoms with Crippen LogP contribution in [-0.2, 0) is 6.42 Å². The van der Waals surface area contributed by atoms with Gasteiger partial charge >= 0.3 is 0 Å². The fraction of sp³-hybridized carbons (Fsp3) is 0.154. The zero-order valence-corrected chi connectivity index (χ0v) is 10.4. The standard InChI is InChI=1S/C13H13ClN2O2/c14-10-7-12(16-8-10)13(18)15-6-5-9-1-3-11(17)4-2-9/h1-4,7-8,16-17H,5-6H2,(H,15,18). The summed E-state index contributed by atoms with van der Waals surface area (Å²) in [5, 5.41) is 12.4. The lowest BCUT2D eigenvalue weighted by Gasteiger charge is -2.04. The molecule has 1 aromatic heterocycles. The Morgan fingerprint density at radius 2 is 2.06 bits per heavy atom. The Kier molecular flexibility index (Phi) is 3.89. The molecule has 4 nitrogen and oxygen atoms in total. The number of nitrogens with one attached hydrogen (secondary N) is 2. The molecule has 0 unspecified atom stereocenters. The molecule has 0 aliphatic heterocycles. The van der Waals surface area contributed by atoms with Crippen LogP contribution in [0, 0.1) is 0 Å². The Balaban J connectivity index is 1.82. The molecule has 0 atom stereocenters. The van der Waals surface area contributed by atoms with Gasteiger partial charge in [0.2, 0.25) is 0 Å². The van der Waals surface area contributed by atoms with E-state index >= 15 is 0 Å². The molecular formula is C13H13ClN2O2. The van der Waals surface area contributed by atoms with Crippen LogP contribution in [0.2, 0.25) is 5.02 Å². The lowest BCUT2D eigenvalue weighted by atomic mass is 10.1. The fourth-order valence-electron chi connectivity index (χ4n) is 1.58. The van der Waals surface area contributed by atoms with Crippen LogP contribution in [0.3, 0.4) is 0 Å². The van der Waals surface area contributed by atoms with E-state index in [9.17, 15) is 4.79 Å². The van der Waals surface area contributed by atoms with Gasteiger partial charge in [-0.05, 0) is 30.2 Å². The van der Waals surface area contributed by atoms with Crippen LogP contribution in [-0.4, -0.2) is 22.5 Å². The monoisotopic (exact) mass is 264 g/mol. The van der Waals surface area contributed by atoms with Crippen molar-refractivity contribution in [2.45, 2.75) is 6.42 Å². The normalized spacial score (nSPS) is 10.3. The third-order valence-electron chi connectivity index (χ3n) is 2.53. The molecule has 0 aliphatic rings. The van der Waals surface area contributed by atoms with Gasteiger partial charge < -0.3 is 15.4 Å². The van der Waals surface area contributed by atoms with Crippen LogP contribution in [0.4, 0.5) is 0 Å². The number of hydrogen-bond acceptors (Lipinski definition) is 2. The smallest absolute Gasteiger partial charge is 0.267 e. The van der Waals surface area contributed by atoms with E-state index < -0.39 is 0 Å². The molecule has 3 N–H and O–H groups in total. The summed E-state index contributed by atoms with van der Waals surface area (Å²) in [6, 6.07) is 8.49. The molecule has 0 spiro atoms. The number of aromatic hydroxyl groups is 1. The van der Waals surface area contributed by atoms with Crippen molar-refractivity contribution in [2.24, 2.45) is 0 Å². The number of hydrogen-bond donors (Lipinski definition) is 3. The Morgan fingerprint density at radius 1 is 1.33 bits per heavy atom. The molecule has 18 heavy (non-hydrogen) atoms. The SMILES string of the molecule is O=C(NCCc1ccc(O)cc1)c1cc(Cl)c[nH]1. The average molecular weight is 265 g/mol. The lowest BCUT2D eigenvalue weighted by Crippen LogP contribution is -2.25. The van der Waals surface area contributed by atoms with Crippen molar-refractivity contribution in [3.05, 3.63) is 52.8 Å². The first-order valence-corrected chi connectivity index (χ1v) is 5.93. The third kappa shape index (κ3) is 3.28. The fourth-order valence-corrected chi connectivity index (χ4v) is 1.74. The second-order valence-corrected chi connectivity index (χ2v) is 4.34. The van der Waals surface area contributed by atoms with Gasteiger partial charge in [0.15, 0.2) is 0 Å². The number of H-pyrrole nitrogens is 1. The predicted molar refractivity (Wildman–Crippen MR) is 69.9 cm³/mol. The summed E-state index contributed by atoms with van der Waals surface area (Å²) in [6.45, 7) is 0.528. The molecular weight excluding hydrogens is 252 g/mol. The van der Waals surface area contributed by atoms with Gasteiger partial charge in [-0.25, -0.2) is 0 Å². The molecule has 0 bridgehead atoms. The number of phenols is 1. The molecule has 1 amide bonds. The van der Waals surface area contributed by atoms with Crippen molar-refractivity contribution >= 4 is 17.5 Å². The first kappa shape index (κ1) is 12.5. The van der Waals surface area contributed by atoms with Gasteiger partial charge in [0.25, 0.3) is 5.91 Å². The Hall–Kier alpha value is -1.94. The first-order valence-electron chi connectivity index (χ1n) is 5.55. The highest BCUT2D eigenvalue weighted by Crippen LogP contribution is 2.10. The van der Waals surface area contributed by atoms with Gasteiger partial charge in [-0.15, -0.1) is 0 Å². The summed E-state index contributed by atoms with van der Waals surface area (Å²) in [6.07, 6.45) is 2.27. The largest absolute Gasteiger partial charge is 0.508 e. The van der Waals surface area contributed by atoms with Crippen LogP contribution in [0.1, 0.15) is 16.1 Å². The maximum Gasteiger partial charge on any atom is 0.267 e. The van der Waals surface area contributed by atoms with E-state index in [-0.39, 0.29) is 11.7 Å². The molecule has 0 radical (unpaired) electrons. The summed E-state index contributed by atoms with van der Waals surface area (Å²) in [5.74, 6) is 0.0597. The summed E-state index contributed by atoms with van der Waals surface area (Å²) in [4.78, 5) is 14.4. The summed E-state index contributed by atoms with van der Waals surface area (Å²) in [7, 11) is 0. The Labute approximate surface area is 110 Å². The number of aromatic amines is 1. The molecule has 1 heterocycles. The van der Waals surface area contributed by atoms with Crippen molar-refractivity contribution in [3.8, 4) is 5.75 Å². The highest BCUT2D eigenvalue weighted by molar-refractivity contribution is 6.30. The molecule has 0 fully saturated rings. The van der Waals surface area contributed by atoms with Crippen LogP contribution in [0.5, 0.6) is 5.75 Å². The first-order chi connectivity index (χ1) is 8.65. The number of phenolic OH excluding ortho intramolecular Hbond substituents is 1. The van der Waals surface area contributed by atoms with Crippen molar-refractivity contribution in [2.75, 3.05) is 6.54 Å². The molecule has 5 heteroatoms. The zero-order chi connectivity index (χ0) is 13.0. The maximum atomic E-state index is 11.7. The molecule has 2 aromatic rings. The van der Waals surface area contributed by atoms with E-state index in [1.165, 1.54) is 0 Å². The molecule has 0 aliphatic carbocycles. The molecule has 0 saturated heterocycles. The van der Waals surface area contributed by atoms with E-state index in [2.05, 4.69) is 10.3 Å². The number of rotatable bonds is 4. The highest BCUT2D eigenvalue weighted by Gasteiger charge is 2.06. The number of carbonyl (C=O) groups excluding carboxylic acids is 1. The third-order valence-corrected chi connectivity index (χ3v) is 2.75. The predicted octanol–water partition coefficient (Wildman–Crippen LogP) is 2.35. The second kappa shape index (κ2) is 5.60. The number of aromatic nitrogens is 1. The second-order valence-electron chi connectivity index (χ2n) is 3.90. The van der Waals surface area contributed by atoms with Crippen molar-refractivity contribution < 1.29 is 9.90 Å². The minimum Gasteiger partial charge on any atom is -0.508 e. The van der Waals surface area contributed by atoms with Crippen molar-refractivity contribution in [1.82, 2.24) is 10.3 Å². The van der Waals surface area contributed by atoms with Crippen molar-refractivity contribution in [1.29, 1.82) is 0 Å². The number of halogens is 1. The van der Waals surface area contributed by atoms with Crippen LogP contribution >= 0.6 is 11.6 Å². The topological polar surface area (TPSA) is 65.1 Å². The van der Waals surface area contributed by atoms with Crippen LogP contribution in [0.15, 0.2) is 36.5 Å². The summed E-state index contributed by atoms with van der Waals surface area (Å²) < 4.78 is 0. The quantitative estimate of drug-likeness (QED) is 0.794. The van der Waals surface area contributed by atoms with Crippen molar-refractivity contribution in [3.63, 3.8) is 0 Å². The summed E-state index contributed by atoms with van der Waals surface area (Å²) in [5.41, 5.74) is 1.50. The van der Waals surface area contributed by atoms with Gasteiger partial charge in [-0.3, -0.25) is 4.79 Å². The van der Waals surface area contributed by atoms with E-state index in [0.29, 0.717) is 23.7 Å². The number of benzene rings is 1. The average Bonchev–Trinajstić information content (AvgIpc) is 2.78. The van der Waals surface area contributed by atoms with Crippen LogP contribution in [0.25, 0.3) is 0 Å². The van der Waals surface area contributed by atoms with Gasteiger partial charge in [0.1, 0.15) is 11.4 Å². The minimum absolute atomic E-state index is 0.180. The molecule has 0 saturated carbocycles. The Bertz CT molecular complexity index is 534. The maximum absolute atomic E-state index is 11.7. The van der Waals surface area contributed by atoms with E-state index in [0.717, 1.165) is 5.56 Å². The summed E-state index contributed by atoms with van der Waals surface area (Å²) >= 11 is 5.71. The van der Waals surface area contributed by atoms with E-state index in [4.69, 9.17) is 16.7 Å². The van der Waals surface area contributed by atoms with Gasteiger partial charge in [-0.1, -0.05) is 23.7 Å². The minimum atomic E-state index is -0.180. The molecule has 2 rings (SSSR count). The molecule has 1 aromatic carbocycles. The van der Waals surface area contributed by atoms with E-state index in [1.54, 1.807) is 24.4 Å². The highest BCUT2D eigenvalue weighted by atomic mass is 35.5. The molecule has 94 valence electrons. The lowest BCUT2D eigenvalue weighted by molar-refractivity contribution is 0.0950. The van der Waals surface area contributed by atoms with Gasteiger partial charge in [0.05, 0.1) is 5.02 Å². The van der Waals surface area contributed by atoms with Gasteiger partial charge in [0, 0.05) is 12.7 Å². The number of carbonyl (C=O) groups is 1. The van der Waals surface area contributed by atoms with Gasteiger partial charge in [-0.2, -0.15) is 0 Å². The van der Waals surface area contributed by atoms with Crippen LogP contribution < -0.4 is 5.32 Å².